The second kappa shape index (κ2) is 3.49. The lowest BCUT2D eigenvalue weighted by atomic mass is 10.1. The summed E-state index contributed by atoms with van der Waals surface area (Å²) in [5, 5.41) is 3.62. The van der Waals surface area contributed by atoms with Crippen LogP contribution >= 0.6 is 11.8 Å². The van der Waals surface area contributed by atoms with Crippen molar-refractivity contribution in [3.63, 3.8) is 0 Å². The van der Waals surface area contributed by atoms with Crippen LogP contribution in [-0.2, 0) is 0 Å². The molecular formula is C8H10N2O2S. The minimum absolute atomic E-state index is 0.138. The van der Waals surface area contributed by atoms with E-state index in [-0.39, 0.29) is 11.6 Å². The quantitative estimate of drug-likeness (QED) is 0.674. The maximum atomic E-state index is 10.9. The third-order valence-corrected chi connectivity index (χ3v) is 3.20. The lowest BCUT2D eigenvalue weighted by molar-refractivity contribution is 0.100. The summed E-state index contributed by atoms with van der Waals surface area (Å²) in [4.78, 5) is 14.9. The molecule has 2 heterocycles. The Morgan fingerprint density at radius 1 is 1.69 bits per heavy atom. The molecule has 13 heavy (non-hydrogen) atoms. The first kappa shape index (κ1) is 8.74. The van der Waals surface area contributed by atoms with E-state index < -0.39 is 0 Å². The number of aromatic nitrogens is 2. The van der Waals surface area contributed by atoms with Crippen LogP contribution < -0.4 is 0 Å². The predicted molar refractivity (Wildman–Crippen MR) is 49.0 cm³/mol. The summed E-state index contributed by atoms with van der Waals surface area (Å²) in [6.45, 7) is 1.44. The molecule has 1 aromatic heterocycles. The number of carbonyl (C=O) groups is 1. The highest BCUT2D eigenvalue weighted by molar-refractivity contribution is 7.99. The first-order chi connectivity index (χ1) is 6.27. The first-order valence-corrected chi connectivity index (χ1v) is 5.35. The molecule has 1 aromatic rings. The molecule has 0 aliphatic carbocycles. The number of hydrogen-bond donors (Lipinski definition) is 0. The molecule has 4 nitrogen and oxygen atoms in total. The van der Waals surface area contributed by atoms with Crippen molar-refractivity contribution in [1.29, 1.82) is 0 Å². The number of nitrogens with zero attached hydrogens (tertiary/aromatic N) is 2. The minimum Gasteiger partial charge on any atom is -0.339 e. The van der Waals surface area contributed by atoms with Gasteiger partial charge in [0, 0.05) is 18.6 Å². The van der Waals surface area contributed by atoms with Gasteiger partial charge in [-0.25, -0.2) is 0 Å². The van der Waals surface area contributed by atoms with Gasteiger partial charge < -0.3 is 4.52 Å². The van der Waals surface area contributed by atoms with Crippen LogP contribution in [0.3, 0.4) is 0 Å². The zero-order valence-corrected chi connectivity index (χ0v) is 8.13. The van der Waals surface area contributed by atoms with Crippen molar-refractivity contribution in [1.82, 2.24) is 10.1 Å². The van der Waals surface area contributed by atoms with Crippen LogP contribution in [0, 0.1) is 0 Å². The molecular weight excluding hydrogens is 188 g/mol. The van der Waals surface area contributed by atoms with Crippen molar-refractivity contribution < 1.29 is 9.32 Å². The van der Waals surface area contributed by atoms with E-state index in [0.717, 1.165) is 17.9 Å². The smallest absolute Gasteiger partial charge is 0.238 e. The third-order valence-electron chi connectivity index (χ3n) is 2.04. The molecule has 1 aliphatic rings. The van der Waals surface area contributed by atoms with E-state index >= 15 is 0 Å². The second-order valence-electron chi connectivity index (χ2n) is 3.07. The molecule has 0 spiro atoms. The molecule has 0 aromatic carbocycles. The molecule has 0 N–H and O–H groups in total. The van der Waals surface area contributed by atoms with E-state index in [9.17, 15) is 4.79 Å². The fraction of sp³-hybridized carbons (Fsp3) is 0.625. The average molecular weight is 198 g/mol. The lowest BCUT2D eigenvalue weighted by Gasteiger charge is -1.97. The van der Waals surface area contributed by atoms with Gasteiger partial charge >= 0.3 is 0 Å². The SMILES string of the molecule is CC(=O)c1noc(C2CCSC2)n1. The Hall–Kier alpha value is -0.840. The van der Waals surface area contributed by atoms with E-state index in [2.05, 4.69) is 10.1 Å². The zero-order chi connectivity index (χ0) is 9.26. The van der Waals surface area contributed by atoms with Crippen molar-refractivity contribution in [2.75, 3.05) is 11.5 Å². The summed E-state index contributed by atoms with van der Waals surface area (Å²) >= 11 is 1.88. The first-order valence-electron chi connectivity index (χ1n) is 4.19. The Balaban J connectivity index is 2.16. The molecule has 0 radical (unpaired) electrons. The van der Waals surface area contributed by atoms with Crippen molar-refractivity contribution >= 4 is 17.5 Å². The summed E-state index contributed by atoms with van der Waals surface area (Å²) in [5.74, 6) is 3.20. The molecule has 0 saturated carbocycles. The van der Waals surface area contributed by atoms with Gasteiger partial charge in [-0.1, -0.05) is 5.16 Å². The molecule has 70 valence electrons. The lowest BCUT2D eigenvalue weighted by Crippen LogP contribution is -1.99. The average Bonchev–Trinajstić information content (AvgIpc) is 2.75. The van der Waals surface area contributed by atoms with Crippen molar-refractivity contribution in [3.8, 4) is 0 Å². The van der Waals surface area contributed by atoms with E-state index in [0.29, 0.717) is 11.8 Å². The number of ketones is 1. The normalized spacial score (nSPS) is 22.1. The molecule has 0 amide bonds. The van der Waals surface area contributed by atoms with Gasteiger partial charge in [0.15, 0.2) is 0 Å². The Morgan fingerprint density at radius 2 is 2.54 bits per heavy atom. The van der Waals surface area contributed by atoms with E-state index in [1.807, 2.05) is 11.8 Å². The summed E-state index contributed by atoms with van der Waals surface area (Å²) in [6, 6.07) is 0. The summed E-state index contributed by atoms with van der Waals surface area (Å²) < 4.78 is 5.01. The molecule has 0 bridgehead atoms. The highest BCUT2D eigenvalue weighted by atomic mass is 32.2. The standard InChI is InChI=1S/C8H10N2O2S/c1-5(11)7-9-8(12-10-7)6-2-3-13-4-6/h6H,2-4H2,1H3. The number of rotatable bonds is 2. The van der Waals surface area contributed by atoms with Crippen molar-refractivity contribution in [3.05, 3.63) is 11.7 Å². The van der Waals surface area contributed by atoms with Crippen molar-refractivity contribution in [2.24, 2.45) is 0 Å². The summed E-state index contributed by atoms with van der Waals surface area (Å²) in [5.41, 5.74) is 0. The van der Waals surface area contributed by atoms with Crippen LogP contribution in [0.15, 0.2) is 4.52 Å². The molecule has 1 fully saturated rings. The highest BCUT2D eigenvalue weighted by Crippen LogP contribution is 2.31. The fourth-order valence-electron chi connectivity index (χ4n) is 1.27. The van der Waals surface area contributed by atoms with Crippen LogP contribution in [0.5, 0.6) is 0 Å². The van der Waals surface area contributed by atoms with Gasteiger partial charge in [-0.05, 0) is 12.2 Å². The van der Waals surface area contributed by atoms with Gasteiger partial charge in [-0.15, -0.1) is 0 Å². The largest absolute Gasteiger partial charge is 0.339 e. The molecule has 2 rings (SSSR count). The number of hydrogen-bond acceptors (Lipinski definition) is 5. The van der Waals surface area contributed by atoms with Crippen molar-refractivity contribution in [2.45, 2.75) is 19.3 Å². The van der Waals surface area contributed by atoms with E-state index in [4.69, 9.17) is 4.52 Å². The number of Topliss-reactive ketones (excluding diaryl/α,β-unsaturated/α-hetero) is 1. The van der Waals surface area contributed by atoms with Crippen LogP contribution in [0.2, 0.25) is 0 Å². The molecule has 1 atom stereocenters. The van der Waals surface area contributed by atoms with Crippen LogP contribution in [0.4, 0.5) is 0 Å². The fourth-order valence-corrected chi connectivity index (χ4v) is 2.48. The Labute approximate surface area is 80.1 Å². The van der Waals surface area contributed by atoms with Gasteiger partial charge in [-0.2, -0.15) is 16.7 Å². The third kappa shape index (κ3) is 1.75. The Kier molecular flexibility index (Phi) is 2.35. The maximum Gasteiger partial charge on any atom is 0.238 e. The van der Waals surface area contributed by atoms with Gasteiger partial charge in [0.2, 0.25) is 17.5 Å². The van der Waals surface area contributed by atoms with E-state index in [1.54, 1.807) is 0 Å². The van der Waals surface area contributed by atoms with Crippen LogP contribution in [0.25, 0.3) is 0 Å². The zero-order valence-electron chi connectivity index (χ0n) is 7.32. The number of thioether (sulfide) groups is 1. The van der Waals surface area contributed by atoms with Gasteiger partial charge in [-0.3, -0.25) is 4.79 Å². The monoisotopic (exact) mass is 198 g/mol. The summed E-state index contributed by atoms with van der Waals surface area (Å²) in [7, 11) is 0. The predicted octanol–water partition coefficient (Wildman–Crippen LogP) is 1.49. The van der Waals surface area contributed by atoms with Gasteiger partial charge in [0.1, 0.15) is 0 Å². The molecule has 5 heteroatoms. The topological polar surface area (TPSA) is 56.0 Å². The van der Waals surface area contributed by atoms with Crippen LogP contribution in [-0.4, -0.2) is 27.4 Å². The minimum atomic E-state index is -0.138. The Bertz CT molecular complexity index is 318. The molecule has 1 unspecified atom stereocenters. The van der Waals surface area contributed by atoms with Gasteiger partial charge in [0.05, 0.1) is 0 Å². The van der Waals surface area contributed by atoms with Gasteiger partial charge in [0.25, 0.3) is 0 Å². The summed E-state index contributed by atoms with van der Waals surface area (Å²) in [6.07, 6.45) is 1.07. The Morgan fingerprint density at radius 3 is 3.08 bits per heavy atom. The molecule has 1 saturated heterocycles. The molecule has 1 aliphatic heterocycles. The second-order valence-corrected chi connectivity index (χ2v) is 4.22. The highest BCUT2D eigenvalue weighted by Gasteiger charge is 2.24. The maximum absolute atomic E-state index is 10.9. The number of carbonyl (C=O) groups excluding carboxylic acids is 1. The van der Waals surface area contributed by atoms with E-state index in [1.165, 1.54) is 6.92 Å². The van der Waals surface area contributed by atoms with Crippen LogP contribution in [0.1, 0.15) is 35.8 Å².